The Morgan fingerprint density at radius 3 is 2.22 bits per heavy atom. The average Bonchev–Trinajstić information content (AvgIpc) is 2.61. The maximum Gasteiger partial charge on any atom is 0.405 e. The lowest BCUT2D eigenvalue weighted by atomic mass is 10.1. The SMILES string of the molecule is Cc1ccc(C(=O)NCC(F)(F)F)cc1NC(=O)c1cccc(C(N)=O)c1. The Morgan fingerprint density at radius 1 is 0.963 bits per heavy atom. The molecule has 0 aliphatic rings. The molecule has 4 N–H and O–H groups in total. The summed E-state index contributed by atoms with van der Waals surface area (Å²) in [6.07, 6.45) is -4.52. The number of hydrogen-bond donors (Lipinski definition) is 3. The zero-order valence-electron chi connectivity index (χ0n) is 14.2. The van der Waals surface area contributed by atoms with Crippen LogP contribution in [-0.4, -0.2) is 30.4 Å². The second-order valence-electron chi connectivity index (χ2n) is 5.73. The van der Waals surface area contributed by atoms with Crippen molar-refractivity contribution in [3.8, 4) is 0 Å². The Bertz CT molecular complexity index is 895. The molecule has 0 saturated heterocycles. The van der Waals surface area contributed by atoms with Crippen LogP contribution in [0.4, 0.5) is 18.9 Å². The topological polar surface area (TPSA) is 101 Å². The highest BCUT2D eigenvalue weighted by Crippen LogP contribution is 2.19. The summed E-state index contributed by atoms with van der Waals surface area (Å²) in [4.78, 5) is 35.4. The van der Waals surface area contributed by atoms with Crippen LogP contribution in [0.15, 0.2) is 42.5 Å². The van der Waals surface area contributed by atoms with Crippen molar-refractivity contribution in [2.24, 2.45) is 5.73 Å². The largest absolute Gasteiger partial charge is 0.405 e. The van der Waals surface area contributed by atoms with E-state index in [4.69, 9.17) is 5.73 Å². The maximum atomic E-state index is 12.4. The van der Waals surface area contributed by atoms with E-state index in [2.05, 4.69) is 5.32 Å². The quantitative estimate of drug-likeness (QED) is 0.744. The second kappa shape index (κ2) is 7.90. The molecule has 0 unspecified atom stereocenters. The number of halogens is 3. The molecule has 2 aromatic carbocycles. The number of aryl methyl sites for hydroxylation is 1. The number of benzene rings is 2. The van der Waals surface area contributed by atoms with Crippen LogP contribution in [0, 0.1) is 6.92 Å². The van der Waals surface area contributed by atoms with Crippen LogP contribution in [-0.2, 0) is 0 Å². The average molecular weight is 379 g/mol. The summed E-state index contributed by atoms with van der Waals surface area (Å²) >= 11 is 0. The first-order valence-electron chi connectivity index (χ1n) is 7.73. The molecule has 0 bridgehead atoms. The monoisotopic (exact) mass is 379 g/mol. The number of hydrogen-bond acceptors (Lipinski definition) is 3. The van der Waals surface area contributed by atoms with Crippen LogP contribution in [0.25, 0.3) is 0 Å². The first-order chi connectivity index (χ1) is 12.6. The van der Waals surface area contributed by atoms with Crippen molar-refractivity contribution in [2.45, 2.75) is 13.1 Å². The van der Waals surface area contributed by atoms with E-state index >= 15 is 0 Å². The lowest BCUT2D eigenvalue weighted by Gasteiger charge is -2.12. The van der Waals surface area contributed by atoms with Gasteiger partial charge in [0.05, 0.1) is 0 Å². The molecule has 142 valence electrons. The highest BCUT2D eigenvalue weighted by atomic mass is 19.4. The van der Waals surface area contributed by atoms with E-state index < -0.39 is 30.4 Å². The van der Waals surface area contributed by atoms with Crippen LogP contribution in [0.1, 0.15) is 36.6 Å². The van der Waals surface area contributed by atoms with Gasteiger partial charge in [0.2, 0.25) is 5.91 Å². The summed E-state index contributed by atoms with van der Waals surface area (Å²) in [6.45, 7) is 0.203. The van der Waals surface area contributed by atoms with E-state index in [1.165, 1.54) is 42.5 Å². The molecule has 27 heavy (non-hydrogen) atoms. The first kappa shape index (κ1) is 20.0. The van der Waals surface area contributed by atoms with Crippen LogP contribution in [0.5, 0.6) is 0 Å². The van der Waals surface area contributed by atoms with Crippen molar-refractivity contribution < 1.29 is 27.6 Å². The third-order valence-corrected chi connectivity index (χ3v) is 3.61. The molecule has 0 aliphatic heterocycles. The Hall–Kier alpha value is -3.36. The van der Waals surface area contributed by atoms with Gasteiger partial charge in [0.25, 0.3) is 11.8 Å². The van der Waals surface area contributed by atoms with E-state index in [1.54, 1.807) is 12.2 Å². The minimum Gasteiger partial charge on any atom is -0.366 e. The molecule has 0 heterocycles. The third kappa shape index (κ3) is 5.56. The van der Waals surface area contributed by atoms with Crippen LogP contribution in [0.3, 0.4) is 0 Å². The normalized spacial score (nSPS) is 11.0. The molecular weight excluding hydrogens is 363 g/mol. The van der Waals surface area contributed by atoms with Crippen molar-refractivity contribution in [3.05, 3.63) is 64.7 Å². The van der Waals surface area contributed by atoms with E-state index in [9.17, 15) is 27.6 Å². The van der Waals surface area contributed by atoms with Crippen molar-refractivity contribution in [3.63, 3.8) is 0 Å². The standard InChI is InChI=1S/C18H16F3N3O3/c1-10-5-6-13(16(26)23-9-18(19,20)21)8-14(10)24-17(27)12-4-2-3-11(7-12)15(22)25/h2-8H,9H2,1H3,(H2,22,25)(H,23,26)(H,24,27). The Labute approximate surface area is 152 Å². The summed E-state index contributed by atoms with van der Waals surface area (Å²) in [5.41, 5.74) is 6.31. The molecule has 3 amide bonds. The van der Waals surface area contributed by atoms with Gasteiger partial charge in [0, 0.05) is 22.4 Å². The fraction of sp³-hybridized carbons (Fsp3) is 0.167. The molecule has 0 aromatic heterocycles. The molecule has 0 aliphatic carbocycles. The minimum atomic E-state index is -4.52. The number of primary amides is 1. The van der Waals surface area contributed by atoms with Crippen LogP contribution < -0.4 is 16.4 Å². The van der Waals surface area contributed by atoms with Crippen LogP contribution >= 0.6 is 0 Å². The molecule has 0 spiro atoms. The van der Waals surface area contributed by atoms with Gasteiger partial charge in [0.1, 0.15) is 6.54 Å². The van der Waals surface area contributed by atoms with Crippen molar-refractivity contribution in [1.29, 1.82) is 0 Å². The molecule has 0 radical (unpaired) electrons. The van der Waals surface area contributed by atoms with Crippen molar-refractivity contribution in [1.82, 2.24) is 5.32 Å². The molecule has 0 saturated carbocycles. The van der Waals surface area contributed by atoms with Gasteiger partial charge >= 0.3 is 6.18 Å². The number of anilines is 1. The molecule has 2 rings (SSSR count). The van der Waals surface area contributed by atoms with Gasteiger partial charge in [-0.3, -0.25) is 14.4 Å². The number of carbonyl (C=O) groups is 3. The number of nitrogens with one attached hydrogen (secondary N) is 2. The van der Waals surface area contributed by atoms with Gasteiger partial charge in [-0.15, -0.1) is 0 Å². The predicted molar refractivity (Wildman–Crippen MR) is 92.5 cm³/mol. The van der Waals surface area contributed by atoms with Gasteiger partial charge in [-0.2, -0.15) is 13.2 Å². The first-order valence-corrected chi connectivity index (χ1v) is 7.73. The van der Waals surface area contributed by atoms with E-state index in [1.807, 2.05) is 0 Å². The van der Waals surface area contributed by atoms with Gasteiger partial charge in [0.15, 0.2) is 0 Å². The fourth-order valence-electron chi connectivity index (χ4n) is 2.19. The molecule has 6 nitrogen and oxygen atoms in total. The molecule has 0 fully saturated rings. The molecule has 0 atom stereocenters. The lowest BCUT2D eigenvalue weighted by Crippen LogP contribution is -2.33. The Kier molecular flexibility index (Phi) is 5.84. The highest BCUT2D eigenvalue weighted by Gasteiger charge is 2.28. The number of carbonyl (C=O) groups excluding carboxylic acids is 3. The van der Waals surface area contributed by atoms with E-state index in [0.717, 1.165) is 0 Å². The molecule has 2 aromatic rings. The van der Waals surface area contributed by atoms with E-state index in [0.29, 0.717) is 5.56 Å². The van der Waals surface area contributed by atoms with Crippen molar-refractivity contribution >= 4 is 23.4 Å². The van der Waals surface area contributed by atoms with Gasteiger partial charge in [-0.05, 0) is 42.8 Å². The van der Waals surface area contributed by atoms with E-state index in [-0.39, 0.29) is 22.4 Å². The van der Waals surface area contributed by atoms with Gasteiger partial charge < -0.3 is 16.4 Å². The number of alkyl halides is 3. The summed E-state index contributed by atoms with van der Waals surface area (Å²) in [7, 11) is 0. The number of rotatable bonds is 5. The third-order valence-electron chi connectivity index (χ3n) is 3.61. The Morgan fingerprint density at radius 2 is 1.59 bits per heavy atom. The molecule has 9 heteroatoms. The van der Waals surface area contributed by atoms with Crippen molar-refractivity contribution in [2.75, 3.05) is 11.9 Å². The number of nitrogens with two attached hydrogens (primary N) is 1. The zero-order valence-corrected chi connectivity index (χ0v) is 14.2. The summed E-state index contributed by atoms with van der Waals surface area (Å²) in [5.74, 6) is -2.17. The van der Waals surface area contributed by atoms with Gasteiger partial charge in [-0.1, -0.05) is 12.1 Å². The predicted octanol–water partition coefficient (Wildman–Crippen LogP) is 2.64. The smallest absolute Gasteiger partial charge is 0.366 e. The zero-order chi connectivity index (χ0) is 20.2. The van der Waals surface area contributed by atoms with Crippen LogP contribution in [0.2, 0.25) is 0 Å². The fourth-order valence-corrected chi connectivity index (χ4v) is 2.19. The Balaban J connectivity index is 2.19. The second-order valence-corrected chi connectivity index (χ2v) is 5.73. The summed E-state index contributed by atoms with van der Waals surface area (Å²) < 4.78 is 36.7. The molecular formula is C18H16F3N3O3. The highest BCUT2D eigenvalue weighted by molar-refractivity contribution is 6.07. The minimum absolute atomic E-state index is 0.0361. The number of amides is 3. The van der Waals surface area contributed by atoms with Gasteiger partial charge in [-0.25, -0.2) is 0 Å². The summed E-state index contributed by atoms with van der Waals surface area (Å²) in [5, 5.41) is 4.33. The summed E-state index contributed by atoms with van der Waals surface area (Å²) in [6, 6.07) is 9.85. The maximum absolute atomic E-state index is 12.4. The lowest BCUT2D eigenvalue weighted by molar-refractivity contribution is -0.123.